The second-order valence-corrected chi connectivity index (χ2v) is 6.78. The lowest BCUT2D eigenvalue weighted by atomic mass is 9.95. The number of nitrogens with one attached hydrogen (secondary N) is 1. The van der Waals surface area contributed by atoms with E-state index in [9.17, 15) is 4.79 Å². The number of carbonyl (C=O) groups is 1. The Morgan fingerprint density at radius 1 is 1.33 bits per heavy atom. The number of nitrogens with two attached hydrogens (primary N) is 1. The minimum absolute atomic E-state index is 0.0603. The molecule has 0 aliphatic carbocycles. The lowest BCUT2D eigenvalue weighted by Crippen LogP contribution is -2.48. The maximum atomic E-state index is 11.1. The molecule has 0 spiro atoms. The molecule has 2 rings (SSSR count). The van der Waals surface area contributed by atoms with E-state index in [2.05, 4.69) is 57.3 Å². The van der Waals surface area contributed by atoms with Gasteiger partial charge in [-0.1, -0.05) is 28.1 Å². The lowest BCUT2D eigenvalue weighted by molar-refractivity contribution is -0.120. The summed E-state index contributed by atoms with van der Waals surface area (Å²) in [4.78, 5) is 13.6. The molecule has 0 bridgehead atoms. The Kier molecular flexibility index (Phi) is 5.79. The quantitative estimate of drug-likeness (QED) is 0.873. The third-order valence-corrected chi connectivity index (χ3v) is 4.57. The van der Waals surface area contributed by atoms with Gasteiger partial charge in [0, 0.05) is 42.6 Å². The SMILES string of the molecule is CC(=O)NC1CCN(C(c2ccc(Br)cc2)C(C)N)CC1. The first-order valence-electron chi connectivity index (χ1n) is 7.49. The largest absolute Gasteiger partial charge is 0.354 e. The molecule has 0 radical (unpaired) electrons. The number of carbonyl (C=O) groups excluding carboxylic acids is 1. The monoisotopic (exact) mass is 353 g/mol. The Morgan fingerprint density at radius 3 is 2.38 bits per heavy atom. The Hall–Kier alpha value is -0.910. The Labute approximate surface area is 135 Å². The molecular formula is C16H24BrN3O. The number of hydrogen-bond acceptors (Lipinski definition) is 3. The highest BCUT2D eigenvalue weighted by molar-refractivity contribution is 9.10. The van der Waals surface area contributed by atoms with E-state index in [4.69, 9.17) is 5.73 Å². The Balaban J connectivity index is 2.04. The van der Waals surface area contributed by atoms with Gasteiger partial charge in [0.05, 0.1) is 0 Å². The number of hydrogen-bond donors (Lipinski definition) is 2. The standard InChI is InChI=1S/C16H24BrN3O/c1-11(18)16(13-3-5-14(17)6-4-13)20-9-7-15(8-10-20)19-12(2)21/h3-6,11,15-16H,7-10,18H2,1-2H3,(H,19,21). The molecule has 4 nitrogen and oxygen atoms in total. The maximum absolute atomic E-state index is 11.1. The molecule has 2 unspecified atom stereocenters. The maximum Gasteiger partial charge on any atom is 0.217 e. The number of rotatable bonds is 4. The van der Waals surface area contributed by atoms with Crippen molar-refractivity contribution in [2.75, 3.05) is 13.1 Å². The van der Waals surface area contributed by atoms with Gasteiger partial charge in [-0.3, -0.25) is 9.69 Å². The van der Waals surface area contributed by atoms with Gasteiger partial charge in [0.2, 0.25) is 5.91 Å². The highest BCUT2D eigenvalue weighted by Gasteiger charge is 2.28. The van der Waals surface area contributed by atoms with Crippen LogP contribution in [0.4, 0.5) is 0 Å². The Morgan fingerprint density at radius 2 is 1.90 bits per heavy atom. The van der Waals surface area contributed by atoms with Crippen LogP contribution in [0.25, 0.3) is 0 Å². The van der Waals surface area contributed by atoms with Crippen molar-refractivity contribution in [2.24, 2.45) is 5.73 Å². The minimum atomic E-state index is 0.0603. The molecule has 116 valence electrons. The second kappa shape index (κ2) is 7.38. The molecule has 1 heterocycles. The van der Waals surface area contributed by atoms with Crippen LogP contribution in [0.5, 0.6) is 0 Å². The number of halogens is 1. The van der Waals surface area contributed by atoms with E-state index in [-0.39, 0.29) is 18.0 Å². The summed E-state index contributed by atoms with van der Waals surface area (Å²) in [6.45, 7) is 5.58. The number of piperidine rings is 1. The third-order valence-electron chi connectivity index (χ3n) is 4.04. The Bertz CT molecular complexity index is 467. The number of amides is 1. The normalized spacial score (nSPS) is 20.0. The van der Waals surface area contributed by atoms with Crippen molar-refractivity contribution in [3.8, 4) is 0 Å². The van der Waals surface area contributed by atoms with E-state index in [0.717, 1.165) is 30.4 Å². The molecule has 1 aliphatic heterocycles. The van der Waals surface area contributed by atoms with E-state index in [1.165, 1.54) is 5.56 Å². The van der Waals surface area contributed by atoms with Gasteiger partial charge in [-0.25, -0.2) is 0 Å². The van der Waals surface area contributed by atoms with Crippen molar-refractivity contribution in [2.45, 2.75) is 44.8 Å². The van der Waals surface area contributed by atoms with Gasteiger partial charge in [0.25, 0.3) is 0 Å². The molecule has 0 aromatic heterocycles. The summed E-state index contributed by atoms with van der Waals surface area (Å²) in [6, 6.07) is 9.01. The van der Waals surface area contributed by atoms with Crippen LogP contribution in [0.1, 0.15) is 38.3 Å². The van der Waals surface area contributed by atoms with Crippen LogP contribution in [0.15, 0.2) is 28.7 Å². The van der Waals surface area contributed by atoms with Crippen molar-refractivity contribution in [3.05, 3.63) is 34.3 Å². The van der Waals surface area contributed by atoms with Crippen LogP contribution in [0.2, 0.25) is 0 Å². The highest BCUT2D eigenvalue weighted by atomic mass is 79.9. The highest BCUT2D eigenvalue weighted by Crippen LogP contribution is 2.28. The first-order valence-corrected chi connectivity index (χ1v) is 8.29. The molecule has 5 heteroatoms. The van der Waals surface area contributed by atoms with Crippen molar-refractivity contribution < 1.29 is 4.79 Å². The van der Waals surface area contributed by atoms with E-state index < -0.39 is 0 Å². The average molecular weight is 354 g/mol. The molecule has 2 atom stereocenters. The van der Waals surface area contributed by atoms with Crippen LogP contribution in [0.3, 0.4) is 0 Å². The summed E-state index contributed by atoms with van der Waals surface area (Å²) < 4.78 is 1.08. The van der Waals surface area contributed by atoms with Crippen LogP contribution in [0, 0.1) is 0 Å². The first-order chi connectivity index (χ1) is 9.97. The van der Waals surface area contributed by atoms with Gasteiger partial charge in [-0.2, -0.15) is 0 Å². The smallest absolute Gasteiger partial charge is 0.217 e. The second-order valence-electron chi connectivity index (χ2n) is 5.87. The molecule has 0 saturated carbocycles. The molecule has 1 aliphatic rings. The topological polar surface area (TPSA) is 58.4 Å². The van der Waals surface area contributed by atoms with Crippen LogP contribution < -0.4 is 11.1 Å². The van der Waals surface area contributed by atoms with Crippen molar-refractivity contribution in [3.63, 3.8) is 0 Å². The summed E-state index contributed by atoms with van der Waals surface area (Å²) in [5.41, 5.74) is 7.49. The summed E-state index contributed by atoms with van der Waals surface area (Å²) in [7, 11) is 0. The molecule has 21 heavy (non-hydrogen) atoms. The zero-order valence-electron chi connectivity index (χ0n) is 12.7. The fourth-order valence-corrected chi connectivity index (χ4v) is 3.38. The van der Waals surface area contributed by atoms with Crippen molar-refractivity contribution in [1.29, 1.82) is 0 Å². The molecule has 1 aromatic rings. The van der Waals surface area contributed by atoms with Crippen LogP contribution in [-0.4, -0.2) is 36.0 Å². The fraction of sp³-hybridized carbons (Fsp3) is 0.562. The summed E-state index contributed by atoms with van der Waals surface area (Å²) in [5.74, 6) is 0.0603. The molecule has 1 amide bonds. The molecule has 3 N–H and O–H groups in total. The average Bonchev–Trinajstić information content (AvgIpc) is 2.42. The third kappa shape index (κ3) is 4.53. The zero-order chi connectivity index (χ0) is 15.4. The van der Waals surface area contributed by atoms with E-state index >= 15 is 0 Å². The number of benzene rings is 1. The summed E-state index contributed by atoms with van der Waals surface area (Å²) in [5, 5.41) is 3.01. The molecule has 1 aromatic carbocycles. The van der Waals surface area contributed by atoms with Gasteiger partial charge >= 0.3 is 0 Å². The van der Waals surface area contributed by atoms with Gasteiger partial charge in [-0.15, -0.1) is 0 Å². The van der Waals surface area contributed by atoms with Crippen molar-refractivity contribution >= 4 is 21.8 Å². The van der Waals surface area contributed by atoms with E-state index in [1.807, 2.05) is 0 Å². The first kappa shape index (κ1) is 16.5. The van der Waals surface area contributed by atoms with Gasteiger partial charge in [0.15, 0.2) is 0 Å². The van der Waals surface area contributed by atoms with Gasteiger partial charge < -0.3 is 11.1 Å². The predicted octanol–water partition coefficient (Wildman–Crippen LogP) is 2.44. The summed E-state index contributed by atoms with van der Waals surface area (Å²) in [6.07, 6.45) is 1.97. The van der Waals surface area contributed by atoms with E-state index in [0.29, 0.717) is 6.04 Å². The number of likely N-dealkylation sites (tertiary alicyclic amines) is 1. The molecule has 1 fully saturated rings. The minimum Gasteiger partial charge on any atom is -0.354 e. The van der Waals surface area contributed by atoms with Crippen LogP contribution in [-0.2, 0) is 4.79 Å². The number of nitrogens with zero attached hydrogens (tertiary/aromatic N) is 1. The predicted molar refractivity (Wildman–Crippen MR) is 88.9 cm³/mol. The van der Waals surface area contributed by atoms with Gasteiger partial charge in [0.1, 0.15) is 0 Å². The van der Waals surface area contributed by atoms with E-state index in [1.54, 1.807) is 6.92 Å². The lowest BCUT2D eigenvalue weighted by Gasteiger charge is -2.39. The van der Waals surface area contributed by atoms with Crippen LogP contribution >= 0.6 is 15.9 Å². The molecular weight excluding hydrogens is 330 g/mol. The summed E-state index contributed by atoms with van der Waals surface area (Å²) >= 11 is 3.47. The fourth-order valence-electron chi connectivity index (χ4n) is 3.12. The zero-order valence-corrected chi connectivity index (χ0v) is 14.3. The molecule has 1 saturated heterocycles. The van der Waals surface area contributed by atoms with Gasteiger partial charge in [-0.05, 0) is 37.5 Å². The van der Waals surface area contributed by atoms with Crippen molar-refractivity contribution in [1.82, 2.24) is 10.2 Å².